The van der Waals surface area contributed by atoms with E-state index >= 15 is 0 Å². The van der Waals surface area contributed by atoms with Crippen molar-refractivity contribution in [2.24, 2.45) is 0 Å². The molecule has 19 heavy (non-hydrogen) atoms. The third-order valence-electron chi connectivity index (χ3n) is 3.34. The molecule has 0 bridgehead atoms. The third-order valence-corrected chi connectivity index (χ3v) is 4.04. The molecular weight excluding hydrogens is 258 g/mol. The molecule has 1 atom stereocenters. The number of fused-ring (bicyclic) bond motifs is 1. The molecule has 0 aliphatic carbocycles. The molecule has 0 saturated carbocycles. The van der Waals surface area contributed by atoms with Gasteiger partial charge in [-0.15, -0.1) is 0 Å². The molecule has 0 radical (unpaired) electrons. The lowest BCUT2D eigenvalue weighted by molar-refractivity contribution is 0.415. The van der Waals surface area contributed by atoms with Crippen molar-refractivity contribution in [3.05, 3.63) is 40.6 Å². The number of nitrogens with zero attached hydrogens (tertiary/aromatic N) is 2. The molecule has 2 heterocycles. The van der Waals surface area contributed by atoms with Gasteiger partial charge < -0.3 is 15.0 Å². The molecule has 0 spiro atoms. The Morgan fingerprint density at radius 3 is 2.89 bits per heavy atom. The molecule has 2 aromatic heterocycles. The first-order valence-electron chi connectivity index (χ1n) is 6.04. The van der Waals surface area contributed by atoms with Gasteiger partial charge in [0.1, 0.15) is 5.75 Å². The fourth-order valence-corrected chi connectivity index (χ4v) is 3.04. The maximum absolute atomic E-state index is 6.07. The largest absolute Gasteiger partial charge is 0.497 e. The maximum Gasteiger partial charge on any atom is 0.201 e. The van der Waals surface area contributed by atoms with Crippen LogP contribution < -0.4 is 10.5 Å². The molecule has 98 valence electrons. The first-order chi connectivity index (χ1) is 9.20. The van der Waals surface area contributed by atoms with E-state index in [-0.39, 0.29) is 6.04 Å². The number of thiophene rings is 1. The van der Waals surface area contributed by atoms with E-state index in [1.807, 2.05) is 18.2 Å². The summed E-state index contributed by atoms with van der Waals surface area (Å²) in [6.07, 6.45) is 0. The molecule has 1 aromatic carbocycles. The lowest BCUT2D eigenvalue weighted by Crippen LogP contribution is -2.09. The summed E-state index contributed by atoms with van der Waals surface area (Å²) < 4.78 is 7.27. The van der Waals surface area contributed by atoms with Gasteiger partial charge in [-0.25, -0.2) is 4.98 Å². The number of anilines is 1. The van der Waals surface area contributed by atoms with Gasteiger partial charge in [0.2, 0.25) is 5.95 Å². The SMILES string of the molecule is COc1ccc2c(c1)nc(N)n2C(C)c1ccsc1. The average Bonchev–Trinajstić information content (AvgIpc) is 3.03. The zero-order chi connectivity index (χ0) is 13.4. The van der Waals surface area contributed by atoms with Crippen LogP contribution in [0.5, 0.6) is 5.75 Å². The van der Waals surface area contributed by atoms with Crippen molar-refractivity contribution in [3.8, 4) is 5.75 Å². The smallest absolute Gasteiger partial charge is 0.201 e. The van der Waals surface area contributed by atoms with E-state index in [2.05, 4.69) is 33.3 Å². The number of ether oxygens (including phenoxy) is 1. The molecule has 5 heteroatoms. The van der Waals surface area contributed by atoms with E-state index in [4.69, 9.17) is 10.5 Å². The number of hydrogen-bond donors (Lipinski definition) is 1. The normalized spacial score (nSPS) is 12.7. The van der Waals surface area contributed by atoms with Gasteiger partial charge in [0.05, 0.1) is 24.2 Å². The molecule has 4 nitrogen and oxygen atoms in total. The Morgan fingerprint density at radius 1 is 1.37 bits per heavy atom. The van der Waals surface area contributed by atoms with Crippen molar-refractivity contribution >= 4 is 28.3 Å². The van der Waals surface area contributed by atoms with E-state index in [0.29, 0.717) is 5.95 Å². The molecule has 0 aliphatic heterocycles. The average molecular weight is 273 g/mol. The monoisotopic (exact) mass is 273 g/mol. The minimum atomic E-state index is 0.171. The van der Waals surface area contributed by atoms with Crippen molar-refractivity contribution in [1.82, 2.24) is 9.55 Å². The Kier molecular flexibility index (Phi) is 2.91. The van der Waals surface area contributed by atoms with E-state index < -0.39 is 0 Å². The van der Waals surface area contributed by atoms with Crippen LogP contribution in [0.4, 0.5) is 5.95 Å². The fourth-order valence-electron chi connectivity index (χ4n) is 2.29. The number of benzene rings is 1. The molecular formula is C14H15N3OS. The summed E-state index contributed by atoms with van der Waals surface area (Å²) in [6.45, 7) is 2.13. The van der Waals surface area contributed by atoms with Crippen LogP contribution in [0, 0.1) is 0 Å². The molecule has 2 N–H and O–H groups in total. The summed E-state index contributed by atoms with van der Waals surface area (Å²) >= 11 is 1.69. The number of hydrogen-bond acceptors (Lipinski definition) is 4. The second kappa shape index (κ2) is 4.59. The predicted molar refractivity (Wildman–Crippen MR) is 78.8 cm³/mol. The van der Waals surface area contributed by atoms with Gasteiger partial charge in [-0.1, -0.05) is 0 Å². The lowest BCUT2D eigenvalue weighted by atomic mass is 10.1. The van der Waals surface area contributed by atoms with Crippen LogP contribution in [0.25, 0.3) is 11.0 Å². The lowest BCUT2D eigenvalue weighted by Gasteiger charge is -2.14. The summed E-state index contributed by atoms with van der Waals surface area (Å²) in [4.78, 5) is 4.42. The number of methoxy groups -OCH3 is 1. The van der Waals surface area contributed by atoms with Crippen LogP contribution in [0.1, 0.15) is 18.5 Å². The quantitative estimate of drug-likeness (QED) is 0.796. The van der Waals surface area contributed by atoms with Crippen molar-refractivity contribution in [2.45, 2.75) is 13.0 Å². The van der Waals surface area contributed by atoms with Crippen molar-refractivity contribution in [2.75, 3.05) is 12.8 Å². The number of nitrogens with two attached hydrogens (primary N) is 1. The highest BCUT2D eigenvalue weighted by molar-refractivity contribution is 7.07. The summed E-state index contributed by atoms with van der Waals surface area (Å²) in [5.41, 5.74) is 9.19. The number of rotatable bonds is 3. The van der Waals surface area contributed by atoms with E-state index in [0.717, 1.165) is 16.8 Å². The Morgan fingerprint density at radius 2 is 2.21 bits per heavy atom. The van der Waals surface area contributed by atoms with Gasteiger partial charge in [0.15, 0.2) is 0 Å². The Bertz CT molecular complexity index is 703. The molecule has 0 fully saturated rings. The first kappa shape index (κ1) is 12.0. The zero-order valence-electron chi connectivity index (χ0n) is 10.8. The summed E-state index contributed by atoms with van der Waals surface area (Å²) in [5.74, 6) is 1.32. The topological polar surface area (TPSA) is 53.1 Å². The highest BCUT2D eigenvalue weighted by atomic mass is 32.1. The van der Waals surface area contributed by atoms with Crippen LogP contribution in [-0.4, -0.2) is 16.7 Å². The second-order valence-corrected chi connectivity index (χ2v) is 5.21. The van der Waals surface area contributed by atoms with Crippen LogP contribution in [-0.2, 0) is 0 Å². The van der Waals surface area contributed by atoms with Crippen molar-refractivity contribution < 1.29 is 4.74 Å². The first-order valence-corrected chi connectivity index (χ1v) is 6.98. The zero-order valence-corrected chi connectivity index (χ0v) is 11.6. The highest BCUT2D eigenvalue weighted by Crippen LogP contribution is 2.30. The van der Waals surface area contributed by atoms with Crippen molar-refractivity contribution in [1.29, 1.82) is 0 Å². The van der Waals surface area contributed by atoms with Gasteiger partial charge in [0.25, 0.3) is 0 Å². The van der Waals surface area contributed by atoms with Crippen LogP contribution >= 0.6 is 11.3 Å². The third kappa shape index (κ3) is 1.96. The Hall–Kier alpha value is -2.01. The molecule has 3 rings (SSSR count). The van der Waals surface area contributed by atoms with Gasteiger partial charge in [0, 0.05) is 6.07 Å². The maximum atomic E-state index is 6.07. The van der Waals surface area contributed by atoms with Crippen LogP contribution in [0.3, 0.4) is 0 Å². The summed E-state index contributed by atoms with van der Waals surface area (Å²) in [6, 6.07) is 8.12. The Labute approximate surface area is 115 Å². The van der Waals surface area contributed by atoms with Gasteiger partial charge in [-0.2, -0.15) is 11.3 Å². The standard InChI is InChI=1S/C14H15N3OS/c1-9(10-5-6-19-8-10)17-13-4-3-11(18-2)7-12(13)16-14(17)15/h3-9H,1-2H3,(H2,15,16). The van der Waals surface area contributed by atoms with Gasteiger partial charge in [-0.05, 0) is 41.4 Å². The molecule has 0 aliphatic rings. The van der Waals surface area contributed by atoms with Gasteiger partial charge >= 0.3 is 0 Å². The molecule has 0 saturated heterocycles. The summed E-state index contributed by atoms with van der Waals surface area (Å²) in [7, 11) is 1.65. The van der Waals surface area contributed by atoms with E-state index in [1.54, 1.807) is 18.4 Å². The molecule has 1 unspecified atom stereocenters. The number of aromatic nitrogens is 2. The second-order valence-electron chi connectivity index (χ2n) is 4.43. The molecule has 0 amide bonds. The predicted octanol–water partition coefficient (Wildman–Crippen LogP) is 3.30. The van der Waals surface area contributed by atoms with E-state index in [1.165, 1.54) is 5.56 Å². The van der Waals surface area contributed by atoms with E-state index in [9.17, 15) is 0 Å². The Balaban J connectivity index is 2.15. The molecule has 3 aromatic rings. The summed E-state index contributed by atoms with van der Waals surface area (Å²) in [5, 5.41) is 4.21. The minimum Gasteiger partial charge on any atom is -0.497 e. The fraction of sp³-hybridized carbons (Fsp3) is 0.214. The van der Waals surface area contributed by atoms with Crippen LogP contribution in [0.2, 0.25) is 0 Å². The number of nitrogen functional groups attached to an aromatic ring is 1. The van der Waals surface area contributed by atoms with Crippen LogP contribution in [0.15, 0.2) is 35.0 Å². The minimum absolute atomic E-state index is 0.171. The number of imidazole rings is 1. The van der Waals surface area contributed by atoms with Crippen molar-refractivity contribution in [3.63, 3.8) is 0 Å². The highest BCUT2D eigenvalue weighted by Gasteiger charge is 2.16. The van der Waals surface area contributed by atoms with Gasteiger partial charge in [-0.3, -0.25) is 0 Å².